The molecule has 0 aliphatic heterocycles. The van der Waals surface area contributed by atoms with E-state index in [-0.39, 0.29) is 6.04 Å². The molecule has 0 aromatic heterocycles. The van der Waals surface area contributed by atoms with Gasteiger partial charge in [0.05, 0.1) is 8.95 Å². The Bertz CT molecular complexity index is 599. The van der Waals surface area contributed by atoms with Crippen LogP contribution in [0, 0.1) is 0 Å². The molecule has 2 N–H and O–H groups in total. The zero-order chi connectivity index (χ0) is 14.0. The third kappa shape index (κ3) is 3.81. The van der Waals surface area contributed by atoms with Crippen LogP contribution in [0.5, 0.6) is 11.5 Å². The summed E-state index contributed by atoms with van der Waals surface area (Å²) in [6.45, 7) is 1.95. The molecule has 0 spiro atoms. The largest absolute Gasteiger partial charge is 0.455 e. The lowest BCUT2D eigenvalue weighted by atomic mass is 10.1. The van der Waals surface area contributed by atoms with E-state index < -0.39 is 0 Å². The average molecular weight is 450 g/mol. The Kier molecular flexibility index (Phi) is 5.06. The Labute approximate surface area is 137 Å². The third-order valence-corrected chi connectivity index (χ3v) is 4.33. The monoisotopic (exact) mass is 447 g/mol. The van der Waals surface area contributed by atoms with Crippen molar-refractivity contribution in [2.75, 3.05) is 0 Å². The average Bonchev–Trinajstić information content (AvgIpc) is 2.34. The lowest BCUT2D eigenvalue weighted by Gasteiger charge is -2.12. The summed E-state index contributed by atoms with van der Waals surface area (Å²) in [6.07, 6.45) is 0. The molecule has 2 aromatic rings. The van der Waals surface area contributed by atoms with Crippen LogP contribution in [0.2, 0.25) is 0 Å². The van der Waals surface area contributed by atoms with Crippen molar-refractivity contribution in [3.63, 3.8) is 0 Å². The number of nitrogens with two attached hydrogens (primary N) is 1. The number of benzene rings is 2. The van der Waals surface area contributed by atoms with Gasteiger partial charge in [0, 0.05) is 10.5 Å². The molecule has 0 aliphatic carbocycles. The van der Waals surface area contributed by atoms with Gasteiger partial charge in [0.1, 0.15) is 11.5 Å². The van der Waals surface area contributed by atoms with E-state index in [2.05, 4.69) is 47.8 Å². The summed E-state index contributed by atoms with van der Waals surface area (Å²) < 4.78 is 8.65. The van der Waals surface area contributed by atoms with Gasteiger partial charge in [0.2, 0.25) is 0 Å². The summed E-state index contributed by atoms with van der Waals surface area (Å²) in [5, 5.41) is 0. The number of hydrogen-bond acceptors (Lipinski definition) is 2. The van der Waals surface area contributed by atoms with Crippen LogP contribution in [0.25, 0.3) is 0 Å². The maximum absolute atomic E-state index is 5.87. The van der Waals surface area contributed by atoms with Gasteiger partial charge in [0.15, 0.2) is 0 Å². The number of ether oxygens (including phenoxy) is 1. The normalized spacial score (nSPS) is 12.3. The van der Waals surface area contributed by atoms with Gasteiger partial charge >= 0.3 is 0 Å². The molecule has 0 saturated carbocycles. The molecule has 19 heavy (non-hydrogen) atoms. The summed E-state index contributed by atoms with van der Waals surface area (Å²) in [5.74, 6) is 1.52. The quantitative estimate of drug-likeness (QED) is 0.644. The Hall–Kier alpha value is -0.360. The Balaban J connectivity index is 2.28. The van der Waals surface area contributed by atoms with Gasteiger partial charge in [-0.2, -0.15) is 0 Å². The standard InChI is InChI=1S/C14H12Br3NO/c1-8(18)9-2-4-13(11(16)6-9)19-14-5-3-10(15)7-12(14)17/h2-8H,18H2,1H3/t8-/m0/s1. The van der Waals surface area contributed by atoms with Crippen LogP contribution in [0.15, 0.2) is 49.8 Å². The highest BCUT2D eigenvalue weighted by atomic mass is 79.9. The van der Waals surface area contributed by atoms with Gasteiger partial charge < -0.3 is 10.5 Å². The Morgan fingerprint density at radius 2 is 1.53 bits per heavy atom. The maximum atomic E-state index is 5.87. The van der Waals surface area contributed by atoms with E-state index in [9.17, 15) is 0 Å². The van der Waals surface area contributed by atoms with Crippen molar-refractivity contribution in [2.45, 2.75) is 13.0 Å². The number of hydrogen-bond donors (Lipinski definition) is 1. The van der Waals surface area contributed by atoms with E-state index in [0.29, 0.717) is 0 Å². The fourth-order valence-corrected chi connectivity index (χ4v) is 3.16. The second kappa shape index (κ2) is 6.39. The molecule has 2 nitrogen and oxygen atoms in total. The lowest BCUT2D eigenvalue weighted by molar-refractivity contribution is 0.476. The number of rotatable bonds is 3. The topological polar surface area (TPSA) is 35.2 Å². The van der Waals surface area contributed by atoms with Crippen LogP contribution in [-0.2, 0) is 0 Å². The van der Waals surface area contributed by atoms with E-state index in [1.54, 1.807) is 0 Å². The molecule has 0 saturated heterocycles. The van der Waals surface area contributed by atoms with Crippen LogP contribution in [0.1, 0.15) is 18.5 Å². The summed E-state index contributed by atoms with van der Waals surface area (Å²) in [5.41, 5.74) is 6.92. The Morgan fingerprint density at radius 3 is 2.05 bits per heavy atom. The first-order valence-corrected chi connectivity index (χ1v) is 8.03. The van der Waals surface area contributed by atoms with Gasteiger partial charge in [-0.05, 0) is 74.7 Å². The fraction of sp³-hybridized carbons (Fsp3) is 0.143. The Morgan fingerprint density at radius 1 is 0.947 bits per heavy atom. The first-order chi connectivity index (χ1) is 8.97. The molecular weight excluding hydrogens is 438 g/mol. The molecule has 1 atom stereocenters. The van der Waals surface area contributed by atoms with Gasteiger partial charge in [0.25, 0.3) is 0 Å². The van der Waals surface area contributed by atoms with Crippen molar-refractivity contribution in [2.24, 2.45) is 5.73 Å². The van der Waals surface area contributed by atoms with Crippen molar-refractivity contribution in [3.05, 3.63) is 55.4 Å². The highest BCUT2D eigenvalue weighted by Crippen LogP contribution is 2.36. The molecule has 100 valence electrons. The predicted molar refractivity (Wildman–Crippen MR) is 88.7 cm³/mol. The SMILES string of the molecule is C[C@H](N)c1ccc(Oc2ccc(Br)cc2Br)c(Br)c1. The van der Waals surface area contributed by atoms with Gasteiger partial charge in [-0.25, -0.2) is 0 Å². The van der Waals surface area contributed by atoms with Crippen molar-refractivity contribution >= 4 is 47.8 Å². The summed E-state index contributed by atoms with van der Waals surface area (Å²) in [6, 6.07) is 11.6. The second-order valence-corrected chi connectivity index (χ2v) is 6.78. The highest BCUT2D eigenvalue weighted by Gasteiger charge is 2.08. The molecule has 0 fully saturated rings. The summed E-state index contributed by atoms with van der Waals surface area (Å²) in [7, 11) is 0. The van der Waals surface area contributed by atoms with Gasteiger partial charge in [-0.15, -0.1) is 0 Å². The van der Waals surface area contributed by atoms with Crippen LogP contribution < -0.4 is 10.5 Å². The molecule has 2 aromatic carbocycles. The van der Waals surface area contributed by atoms with Crippen molar-refractivity contribution in [1.82, 2.24) is 0 Å². The van der Waals surface area contributed by atoms with Gasteiger partial charge in [-0.3, -0.25) is 0 Å². The van der Waals surface area contributed by atoms with E-state index in [0.717, 1.165) is 30.5 Å². The zero-order valence-corrected chi connectivity index (χ0v) is 14.9. The van der Waals surface area contributed by atoms with E-state index in [1.807, 2.05) is 43.3 Å². The van der Waals surface area contributed by atoms with Crippen LogP contribution in [0.3, 0.4) is 0 Å². The minimum absolute atomic E-state index is 0.00441. The number of halogens is 3. The van der Waals surface area contributed by atoms with Crippen molar-refractivity contribution in [1.29, 1.82) is 0 Å². The minimum atomic E-state index is 0.00441. The van der Waals surface area contributed by atoms with E-state index in [4.69, 9.17) is 10.5 Å². The van der Waals surface area contributed by atoms with Gasteiger partial charge in [-0.1, -0.05) is 22.0 Å². The molecule has 0 unspecified atom stereocenters. The lowest BCUT2D eigenvalue weighted by Crippen LogP contribution is -2.04. The zero-order valence-electron chi connectivity index (χ0n) is 10.2. The molecule has 0 radical (unpaired) electrons. The van der Waals surface area contributed by atoms with Crippen molar-refractivity contribution < 1.29 is 4.74 Å². The molecular formula is C14H12Br3NO. The van der Waals surface area contributed by atoms with Crippen LogP contribution in [0.4, 0.5) is 0 Å². The van der Waals surface area contributed by atoms with E-state index >= 15 is 0 Å². The molecule has 5 heteroatoms. The molecule has 0 amide bonds. The maximum Gasteiger partial charge on any atom is 0.141 e. The predicted octanol–water partition coefficient (Wildman–Crippen LogP) is 5.79. The summed E-state index contributed by atoms with van der Waals surface area (Å²) in [4.78, 5) is 0. The van der Waals surface area contributed by atoms with Crippen LogP contribution in [-0.4, -0.2) is 0 Å². The highest BCUT2D eigenvalue weighted by molar-refractivity contribution is 9.11. The van der Waals surface area contributed by atoms with Crippen molar-refractivity contribution in [3.8, 4) is 11.5 Å². The smallest absolute Gasteiger partial charge is 0.141 e. The molecule has 0 heterocycles. The molecule has 0 aliphatic rings. The first kappa shape index (κ1) is 15.0. The first-order valence-electron chi connectivity index (χ1n) is 5.65. The molecule has 0 bridgehead atoms. The van der Waals surface area contributed by atoms with E-state index in [1.165, 1.54) is 0 Å². The second-order valence-electron chi connectivity index (χ2n) is 4.16. The van der Waals surface area contributed by atoms with Crippen LogP contribution >= 0.6 is 47.8 Å². The fourth-order valence-electron chi connectivity index (χ4n) is 1.56. The third-order valence-electron chi connectivity index (χ3n) is 2.60. The summed E-state index contributed by atoms with van der Waals surface area (Å²) >= 11 is 10.4. The minimum Gasteiger partial charge on any atom is -0.455 e. The molecule has 2 rings (SSSR count).